The molecular formula is C26H26N6Na2O11S2. The third kappa shape index (κ3) is 8.85. The Morgan fingerprint density at radius 3 is 2.47 bits per heavy atom. The zero-order chi connectivity index (χ0) is 33.2. The van der Waals surface area contributed by atoms with Crippen molar-refractivity contribution in [3.63, 3.8) is 0 Å². The first-order valence-corrected chi connectivity index (χ1v) is 14.7. The van der Waals surface area contributed by atoms with E-state index in [1.54, 1.807) is 0 Å². The second-order valence-electron chi connectivity index (χ2n) is 9.94. The van der Waals surface area contributed by atoms with Crippen LogP contribution < -0.4 is 16.5 Å². The number of hydrogen-bond donors (Lipinski definition) is 5. The Morgan fingerprint density at radius 1 is 1.21 bits per heavy atom. The number of nitrogens with two attached hydrogens (primary N) is 1. The van der Waals surface area contributed by atoms with Gasteiger partial charge in [-0.05, 0) is 25.5 Å². The molecule has 0 saturated carbocycles. The van der Waals surface area contributed by atoms with E-state index in [9.17, 15) is 44.1 Å². The molecule has 4 heterocycles. The van der Waals surface area contributed by atoms with Crippen LogP contribution in [-0.2, 0) is 40.1 Å². The van der Waals surface area contributed by atoms with Gasteiger partial charge in [0.2, 0.25) is 11.0 Å². The Bertz CT molecular complexity index is 1750. The van der Waals surface area contributed by atoms with Crippen molar-refractivity contribution in [3.8, 4) is 5.75 Å². The molecule has 6 N–H and O–H groups in total. The van der Waals surface area contributed by atoms with E-state index in [4.69, 9.17) is 10.6 Å². The molecular weight excluding hydrogens is 682 g/mol. The zero-order valence-corrected chi connectivity index (χ0v) is 31.4. The molecule has 0 spiro atoms. The van der Waals surface area contributed by atoms with Crippen LogP contribution in [0.25, 0.3) is 6.08 Å². The van der Waals surface area contributed by atoms with Crippen LogP contribution in [0.2, 0.25) is 0 Å². The Balaban J connectivity index is 0.00000384. The van der Waals surface area contributed by atoms with Crippen molar-refractivity contribution in [1.82, 2.24) is 19.8 Å². The van der Waals surface area contributed by atoms with Crippen molar-refractivity contribution >= 4 is 129 Å². The number of hydrogen-bond acceptors (Lipinski definition) is 14. The van der Waals surface area contributed by atoms with Crippen LogP contribution in [0, 0.1) is 0 Å². The van der Waals surface area contributed by atoms with Crippen LogP contribution in [-0.4, -0.2) is 154 Å². The number of thiazole rings is 1. The van der Waals surface area contributed by atoms with E-state index in [1.807, 2.05) is 0 Å². The third-order valence-electron chi connectivity index (χ3n) is 6.47. The number of rotatable bonds is 11. The first-order chi connectivity index (χ1) is 21.1. The number of thioether (sulfide) groups is 1. The molecule has 2 amide bonds. The van der Waals surface area contributed by atoms with E-state index in [0.29, 0.717) is 0 Å². The summed E-state index contributed by atoms with van der Waals surface area (Å²) in [6.07, 6.45) is 3.76. The minimum absolute atomic E-state index is 0. The van der Waals surface area contributed by atoms with Crippen LogP contribution in [0.3, 0.4) is 0 Å². The van der Waals surface area contributed by atoms with Crippen molar-refractivity contribution in [3.05, 3.63) is 56.6 Å². The van der Waals surface area contributed by atoms with E-state index < -0.39 is 63.6 Å². The minimum atomic E-state index is -1.81. The van der Waals surface area contributed by atoms with Gasteiger partial charge < -0.3 is 40.5 Å². The zero-order valence-electron chi connectivity index (χ0n) is 25.7. The number of esters is 1. The number of fused-ring (bicyclic) bond motifs is 1. The first kappa shape index (κ1) is 40.0. The normalized spacial score (nSPS) is 17.6. The molecule has 0 unspecified atom stereocenters. The average Bonchev–Trinajstić information content (AvgIpc) is 3.41. The number of carboxylic acid groups (broad SMARTS) is 2. The maximum atomic E-state index is 13.2. The van der Waals surface area contributed by atoms with Crippen LogP contribution >= 0.6 is 23.1 Å². The van der Waals surface area contributed by atoms with Gasteiger partial charge in [0.1, 0.15) is 29.4 Å². The van der Waals surface area contributed by atoms with E-state index >= 15 is 0 Å². The van der Waals surface area contributed by atoms with Gasteiger partial charge in [-0.15, -0.1) is 23.1 Å². The molecule has 47 heavy (non-hydrogen) atoms. The molecule has 1 saturated heterocycles. The predicted octanol–water partition coefficient (Wildman–Crippen LogP) is -0.960. The molecule has 2 aromatic rings. The number of aromatic hydroxyl groups is 1. The number of β-lactam (4-membered cyclic amide) rings is 1. The molecule has 4 rings (SSSR count). The van der Waals surface area contributed by atoms with E-state index in [2.05, 4.69) is 20.2 Å². The SMILES string of the molecule is COC(=O)Cn1cc(O)c(=O)cc1/C=C/C1=C(C(=O)O)N2C(=O)[C@@H](NC(=O)/C(=N\OC(C)(C)C(=O)O)c3csc(N)n3)[C@H]2SC1.[Na].[Na]. The van der Waals surface area contributed by atoms with Crippen molar-refractivity contribution in [1.29, 1.82) is 0 Å². The number of aromatic nitrogens is 2. The van der Waals surface area contributed by atoms with Crippen molar-refractivity contribution in [2.75, 3.05) is 18.6 Å². The first-order valence-electron chi connectivity index (χ1n) is 12.8. The standard InChI is InChI=1S/C26H26N6O11S2.2Na/c1-26(2,24(40)41)43-30-17(13-10-45-25(27)28-13)20(36)29-18-21(37)32-19(23(38)39)11(9-44-22(18)32)4-5-12-6-14(33)15(34)7-31(12)8-16(35)42-3;;/h4-7,10,18,22,34H,8-9H2,1-3H3,(H2,27,28)(H,29,36)(H,38,39)(H,40,41);;/b5-4+,30-17-;;/t18-,22-;;/m1../s1. The summed E-state index contributed by atoms with van der Waals surface area (Å²) in [5, 5.41) is 35.9. The molecule has 2 atom stereocenters. The molecule has 1 fully saturated rings. The molecule has 0 aromatic carbocycles. The van der Waals surface area contributed by atoms with Crippen molar-refractivity contribution in [2.45, 2.75) is 37.4 Å². The molecule has 17 nitrogen and oxygen atoms in total. The summed E-state index contributed by atoms with van der Waals surface area (Å²) in [5.41, 5.74) is 2.62. The number of nitrogens with zero attached hydrogens (tertiary/aromatic N) is 4. The number of pyridine rings is 1. The Hall–Kier alpha value is -3.17. The van der Waals surface area contributed by atoms with Crippen LogP contribution in [0.1, 0.15) is 25.2 Å². The summed E-state index contributed by atoms with van der Waals surface area (Å²) >= 11 is 2.12. The van der Waals surface area contributed by atoms with Gasteiger partial charge >= 0.3 is 17.9 Å². The van der Waals surface area contributed by atoms with Gasteiger partial charge in [0.25, 0.3) is 11.8 Å². The van der Waals surface area contributed by atoms with Crippen molar-refractivity contribution < 1.29 is 48.9 Å². The smallest absolute Gasteiger partial charge is 0.352 e. The number of allylic oxidation sites excluding steroid dienone is 1. The number of carboxylic acids is 2. The summed E-state index contributed by atoms with van der Waals surface area (Å²) in [7, 11) is 1.16. The number of carbonyl (C=O) groups excluding carboxylic acids is 3. The van der Waals surface area contributed by atoms with E-state index in [0.717, 1.165) is 47.4 Å². The molecule has 240 valence electrons. The summed E-state index contributed by atoms with van der Waals surface area (Å²) in [4.78, 5) is 84.1. The quantitative estimate of drug-likeness (QED) is 0.0620. The fourth-order valence-electron chi connectivity index (χ4n) is 4.03. The van der Waals surface area contributed by atoms with Gasteiger partial charge in [-0.25, -0.2) is 14.6 Å². The molecule has 2 aliphatic heterocycles. The third-order valence-corrected chi connectivity index (χ3v) is 8.45. The van der Waals surface area contributed by atoms with Gasteiger partial charge in [-0.1, -0.05) is 11.2 Å². The van der Waals surface area contributed by atoms with Gasteiger partial charge in [0, 0.05) is 82.0 Å². The fourth-order valence-corrected chi connectivity index (χ4v) is 5.89. The number of anilines is 1. The molecule has 2 radical (unpaired) electrons. The second-order valence-corrected chi connectivity index (χ2v) is 11.9. The summed E-state index contributed by atoms with van der Waals surface area (Å²) in [6, 6.07) is -0.135. The molecule has 0 aliphatic carbocycles. The number of nitrogens with one attached hydrogen (secondary N) is 1. The molecule has 2 aromatic heterocycles. The van der Waals surface area contributed by atoms with Crippen LogP contribution in [0.15, 0.2) is 44.9 Å². The summed E-state index contributed by atoms with van der Waals surface area (Å²) < 4.78 is 5.86. The maximum absolute atomic E-state index is 13.2. The molecule has 0 bridgehead atoms. The number of nitrogen functional groups attached to an aromatic ring is 1. The average molecular weight is 709 g/mol. The monoisotopic (exact) mass is 708 g/mol. The number of oxime groups is 1. The Labute approximate surface area is 318 Å². The Morgan fingerprint density at radius 2 is 1.89 bits per heavy atom. The number of ether oxygens (including phenoxy) is 1. The van der Waals surface area contributed by atoms with Gasteiger partial charge in [0.15, 0.2) is 16.6 Å². The number of carbonyl (C=O) groups is 5. The fraction of sp³-hybridized carbons (Fsp3) is 0.308. The van der Waals surface area contributed by atoms with Crippen LogP contribution in [0.4, 0.5) is 5.13 Å². The van der Waals surface area contributed by atoms with Crippen molar-refractivity contribution in [2.24, 2.45) is 5.16 Å². The largest absolute Gasteiger partial charge is 0.503 e. The number of aliphatic carboxylic acids is 2. The van der Waals surface area contributed by atoms with Crippen LogP contribution in [0.5, 0.6) is 5.75 Å². The number of amides is 2. The number of methoxy groups -OCH3 is 1. The van der Waals surface area contributed by atoms with E-state index in [1.165, 1.54) is 35.9 Å². The second kappa shape index (κ2) is 16.3. The molecule has 2 aliphatic rings. The van der Waals surface area contributed by atoms with Gasteiger partial charge in [-0.2, -0.15) is 0 Å². The van der Waals surface area contributed by atoms with E-state index in [-0.39, 0.29) is 99.2 Å². The van der Waals surface area contributed by atoms with Gasteiger partial charge in [0.05, 0.1) is 13.3 Å². The molecule has 21 heteroatoms. The summed E-state index contributed by atoms with van der Waals surface area (Å²) in [6.45, 7) is 2.07. The Kier molecular flexibility index (Phi) is 13.9. The minimum Gasteiger partial charge on any atom is -0.503 e. The predicted molar refractivity (Wildman–Crippen MR) is 170 cm³/mol. The maximum Gasteiger partial charge on any atom is 0.352 e. The van der Waals surface area contributed by atoms with Gasteiger partial charge in [-0.3, -0.25) is 24.1 Å². The topological polar surface area (TPSA) is 253 Å². The summed E-state index contributed by atoms with van der Waals surface area (Å²) in [5.74, 6) is -5.69.